The van der Waals surface area contributed by atoms with Gasteiger partial charge in [0.05, 0.1) is 6.42 Å². The molecule has 1 heterocycles. The number of ether oxygens (including phenoxy) is 1. The predicted molar refractivity (Wildman–Crippen MR) is 92.4 cm³/mol. The van der Waals surface area contributed by atoms with Crippen LogP contribution in [0, 0.1) is 6.92 Å². The Balaban J connectivity index is 0.000000561. The lowest BCUT2D eigenvalue weighted by Gasteiger charge is -2.25. The quantitative estimate of drug-likeness (QED) is 0.514. The van der Waals surface area contributed by atoms with E-state index in [1.807, 2.05) is 64.1 Å². The lowest BCUT2D eigenvalue weighted by Crippen LogP contribution is -2.21. The SMILES string of the molecule is CC.CC.Cc1ccccc1[C@@H]1CC(=O)Oc2ccccc21. The molecule has 0 saturated carbocycles. The number of para-hydroxylation sites is 1. The van der Waals surface area contributed by atoms with Crippen molar-refractivity contribution >= 4 is 5.97 Å². The molecule has 2 aromatic rings. The summed E-state index contributed by atoms with van der Waals surface area (Å²) in [4.78, 5) is 11.7. The van der Waals surface area contributed by atoms with E-state index in [0.717, 1.165) is 5.56 Å². The van der Waals surface area contributed by atoms with Gasteiger partial charge >= 0.3 is 5.97 Å². The Bertz CT molecular complexity index is 602. The summed E-state index contributed by atoms with van der Waals surface area (Å²) in [6.07, 6.45) is 0.419. The van der Waals surface area contributed by atoms with Crippen LogP contribution in [0.3, 0.4) is 0 Å². The number of benzene rings is 2. The van der Waals surface area contributed by atoms with Crippen LogP contribution in [0.2, 0.25) is 0 Å². The molecule has 3 rings (SSSR count). The first-order valence-corrected chi connectivity index (χ1v) is 8.11. The molecule has 0 saturated heterocycles. The monoisotopic (exact) mass is 298 g/mol. The second kappa shape index (κ2) is 9.04. The highest BCUT2D eigenvalue weighted by Gasteiger charge is 2.28. The van der Waals surface area contributed by atoms with Gasteiger partial charge in [0.15, 0.2) is 0 Å². The van der Waals surface area contributed by atoms with Gasteiger partial charge in [-0.1, -0.05) is 70.2 Å². The van der Waals surface area contributed by atoms with Crippen molar-refractivity contribution in [1.29, 1.82) is 0 Å². The van der Waals surface area contributed by atoms with E-state index in [-0.39, 0.29) is 11.9 Å². The Morgan fingerprint density at radius 1 is 0.864 bits per heavy atom. The van der Waals surface area contributed by atoms with Gasteiger partial charge in [0.25, 0.3) is 0 Å². The van der Waals surface area contributed by atoms with E-state index in [0.29, 0.717) is 12.2 Å². The van der Waals surface area contributed by atoms with Crippen molar-refractivity contribution in [2.45, 2.75) is 47.0 Å². The zero-order valence-electron chi connectivity index (χ0n) is 14.2. The van der Waals surface area contributed by atoms with E-state index in [1.165, 1.54) is 11.1 Å². The van der Waals surface area contributed by atoms with Crippen LogP contribution in [0.25, 0.3) is 0 Å². The van der Waals surface area contributed by atoms with Gasteiger partial charge in [0.2, 0.25) is 0 Å². The van der Waals surface area contributed by atoms with Crippen molar-refractivity contribution in [3.05, 3.63) is 65.2 Å². The number of carbonyl (C=O) groups is 1. The molecule has 0 amide bonds. The van der Waals surface area contributed by atoms with Crippen LogP contribution in [-0.4, -0.2) is 5.97 Å². The van der Waals surface area contributed by atoms with Crippen molar-refractivity contribution < 1.29 is 9.53 Å². The van der Waals surface area contributed by atoms with E-state index in [2.05, 4.69) is 19.1 Å². The average Bonchev–Trinajstić information content (AvgIpc) is 2.58. The molecule has 0 bridgehead atoms. The van der Waals surface area contributed by atoms with E-state index in [4.69, 9.17) is 4.74 Å². The van der Waals surface area contributed by atoms with E-state index < -0.39 is 0 Å². The number of carbonyl (C=O) groups excluding carboxylic acids is 1. The van der Waals surface area contributed by atoms with Gasteiger partial charge in [0, 0.05) is 11.5 Å². The molecule has 2 aromatic carbocycles. The summed E-state index contributed by atoms with van der Waals surface area (Å²) in [5.41, 5.74) is 3.53. The Morgan fingerprint density at radius 3 is 2.05 bits per heavy atom. The third-order valence-electron chi connectivity index (χ3n) is 3.45. The summed E-state index contributed by atoms with van der Waals surface area (Å²) in [7, 11) is 0. The minimum atomic E-state index is -0.151. The molecule has 0 aromatic heterocycles. The van der Waals surface area contributed by atoms with Gasteiger partial charge < -0.3 is 4.74 Å². The summed E-state index contributed by atoms with van der Waals surface area (Å²) in [5.74, 6) is 0.660. The maximum atomic E-state index is 11.7. The maximum absolute atomic E-state index is 11.7. The van der Waals surface area contributed by atoms with Gasteiger partial charge in [-0.3, -0.25) is 4.79 Å². The number of hydrogen-bond donors (Lipinski definition) is 0. The standard InChI is InChI=1S/C16H14O2.2C2H6/c1-11-6-2-3-7-12(11)14-10-16(17)18-15-9-5-4-8-13(14)15;2*1-2/h2-9,14H,10H2,1H3;2*1-2H3/t14-;;/m0../s1. The molecule has 0 aliphatic carbocycles. The normalized spacial score (nSPS) is 15.3. The predicted octanol–water partition coefficient (Wildman–Crippen LogP) is 5.49. The van der Waals surface area contributed by atoms with Crippen molar-refractivity contribution in [2.75, 3.05) is 0 Å². The van der Waals surface area contributed by atoms with Crippen LogP contribution in [0.15, 0.2) is 48.5 Å². The zero-order chi connectivity index (χ0) is 16.5. The molecule has 0 fully saturated rings. The highest BCUT2D eigenvalue weighted by atomic mass is 16.5. The molecule has 0 N–H and O–H groups in total. The number of hydrogen-bond acceptors (Lipinski definition) is 2. The van der Waals surface area contributed by atoms with Crippen LogP contribution in [0.1, 0.15) is 56.7 Å². The molecule has 1 aliphatic rings. The van der Waals surface area contributed by atoms with Gasteiger partial charge in [-0.15, -0.1) is 0 Å². The Morgan fingerprint density at radius 2 is 1.41 bits per heavy atom. The van der Waals surface area contributed by atoms with Gasteiger partial charge in [-0.05, 0) is 24.1 Å². The smallest absolute Gasteiger partial charge is 0.312 e. The highest BCUT2D eigenvalue weighted by Crippen LogP contribution is 2.39. The summed E-state index contributed by atoms with van der Waals surface area (Å²) < 4.78 is 5.28. The summed E-state index contributed by atoms with van der Waals surface area (Å²) in [5, 5.41) is 0. The average molecular weight is 298 g/mol. The van der Waals surface area contributed by atoms with Gasteiger partial charge in [-0.2, -0.15) is 0 Å². The molecule has 22 heavy (non-hydrogen) atoms. The number of fused-ring (bicyclic) bond motifs is 1. The largest absolute Gasteiger partial charge is 0.426 e. The number of rotatable bonds is 1. The van der Waals surface area contributed by atoms with Crippen molar-refractivity contribution in [3.63, 3.8) is 0 Å². The second-order valence-corrected chi connectivity index (χ2v) is 4.63. The van der Waals surface area contributed by atoms with Crippen LogP contribution in [0.4, 0.5) is 0 Å². The fourth-order valence-electron chi connectivity index (χ4n) is 2.56. The number of aryl methyl sites for hydroxylation is 1. The van der Waals surface area contributed by atoms with Gasteiger partial charge in [-0.25, -0.2) is 0 Å². The Hall–Kier alpha value is -2.09. The molecule has 118 valence electrons. The van der Waals surface area contributed by atoms with E-state index >= 15 is 0 Å². The Labute approximate surface area is 134 Å². The molecule has 1 atom stereocenters. The Kier molecular flexibility index (Phi) is 7.38. The molecule has 0 unspecified atom stereocenters. The first-order chi connectivity index (χ1) is 10.8. The molecule has 0 spiro atoms. The van der Waals surface area contributed by atoms with Crippen molar-refractivity contribution in [1.82, 2.24) is 0 Å². The first kappa shape index (κ1) is 18.0. The minimum Gasteiger partial charge on any atom is -0.426 e. The third-order valence-corrected chi connectivity index (χ3v) is 3.45. The summed E-state index contributed by atoms with van der Waals surface area (Å²) >= 11 is 0. The van der Waals surface area contributed by atoms with E-state index in [9.17, 15) is 4.79 Å². The molecule has 2 heteroatoms. The third kappa shape index (κ3) is 3.97. The summed E-state index contributed by atoms with van der Waals surface area (Å²) in [6, 6.07) is 16.0. The van der Waals surface area contributed by atoms with Crippen LogP contribution in [0.5, 0.6) is 5.75 Å². The fraction of sp³-hybridized carbons (Fsp3) is 0.350. The molecular weight excluding hydrogens is 272 g/mol. The van der Waals surface area contributed by atoms with E-state index in [1.54, 1.807) is 0 Å². The molecule has 1 aliphatic heterocycles. The fourth-order valence-corrected chi connectivity index (χ4v) is 2.56. The molecular formula is C20H26O2. The summed E-state index contributed by atoms with van der Waals surface area (Å²) in [6.45, 7) is 10.1. The van der Waals surface area contributed by atoms with Gasteiger partial charge in [0.1, 0.15) is 5.75 Å². The van der Waals surface area contributed by atoms with Crippen LogP contribution in [-0.2, 0) is 4.79 Å². The second-order valence-electron chi connectivity index (χ2n) is 4.63. The van der Waals surface area contributed by atoms with Crippen LogP contribution < -0.4 is 4.74 Å². The van der Waals surface area contributed by atoms with Crippen LogP contribution >= 0.6 is 0 Å². The highest BCUT2D eigenvalue weighted by molar-refractivity contribution is 5.77. The molecule has 2 nitrogen and oxygen atoms in total. The topological polar surface area (TPSA) is 26.3 Å². The molecule has 0 radical (unpaired) electrons. The first-order valence-electron chi connectivity index (χ1n) is 8.11. The maximum Gasteiger partial charge on any atom is 0.312 e. The zero-order valence-corrected chi connectivity index (χ0v) is 14.2. The lowest BCUT2D eigenvalue weighted by molar-refractivity contribution is -0.135. The lowest BCUT2D eigenvalue weighted by atomic mass is 9.84. The minimum absolute atomic E-state index is 0.114. The van der Waals surface area contributed by atoms with Crippen molar-refractivity contribution in [3.8, 4) is 5.75 Å². The van der Waals surface area contributed by atoms with Crippen molar-refractivity contribution in [2.24, 2.45) is 0 Å². The number of esters is 1.